The predicted molar refractivity (Wildman–Crippen MR) is 87.6 cm³/mol. The van der Waals surface area contributed by atoms with E-state index in [1.54, 1.807) is 24.3 Å². The van der Waals surface area contributed by atoms with Crippen LogP contribution in [0.25, 0.3) is 0 Å². The van der Waals surface area contributed by atoms with E-state index in [1.807, 2.05) is 30.3 Å². The molecule has 0 saturated heterocycles. The molecule has 0 aliphatic carbocycles. The van der Waals surface area contributed by atoms with Gasteiger partial charge in [-0.15, -0.1) is 0 Å². The standard InChI is InChI=1S/C17H16BrNO3/c1-22-17(21)15(11-12-7-9-14(18)10-8-12)19-16(20)13-5-3-2-4-6-13/h2-10,15H,11H2,1H3,(H,19,20)/t15-/m1/s1. The summed E-state index contributed by atoms with van der Waals surface area (Å²) in [6.07, 6.45) is 0.374. The second-order valence-electron chi connectivity index (χ2n) is 4.75. The third kappa shape index (κ3) is 4.43. The van der Waals surface area contributed by atoms with Crippen molar-refractivity contribution in [1.82, 2.24) is 5.32 Å². The second kappa shape index (κ2) is 7.75. The van der Waals surface area contributed by atoms with Crippen LogP contribution >= 0.6 is 15.9 Å². The topological polar surface area (TPSA) is 55.4 Å². The normalized spacial score (nSPS) is 11.5. The lowest BCUT2D eigenvalue weighted by atomic mass is 10.1. The average molecular weight is 362 g/mol. The van der Waals surface area contributed by atoms with Crippen LogP contribution in [0.3, 0.4) is 0 Å². The number of benzene rings is 2. The molecule has 0 aliphatic rings. The SMILES string of the molecule is COC(=O)[C@@H](Cc1ccc(Br)cc1)NC(=O)c1ccccc1. The Hall–Kier alpha value is -2.14. The molecule has 1 atom stereocenters. The predicted octanol–water partition coefficient (Wildman–Crippen LogP) is 2.96. The van der Waals surface area contributed by atoms with Crippen LogP contribution in [0.4, 0.5) is 0 Å². The highest BCUT2D eigenvalue weighted by atomic mass is 79.9. The van der Waals surface area contributed by atoms with Gasteiger partial charge in [-0.25, -0.2) is 4.79 Å². The lowest BCUT2D eigenvalue weighted by Crippen LogP contribution is -2.43. The third-order valence-corrected chi connectivity index (χ3v) is 3.71. The smallest absolute Gasteiger partial charge is 0.328 e. The maximum atomic E-state index is 12.2. The van der Waals surface area contributed by atoms with Crippen molar-refractivity contribution < 1.29 is 14.3 Å². The van der Waals surface area contributed by atoms with Gasteiger partial charge in [0.25, 0.3) is 5.91 Å². The van der Waals surface area contributed by atoms with E-state index in [9.17, 15) is 9.59 Å². The number of carbonyl (C=O) groups excluding carboxylic acids is 2. The highest BCUT2D eigenvalue weighted by Gasteiger charge is 2.22. The molecule has 5 heteroatoms. The second-order valence-corrected chi connectivity index (χ2v) is 5.66. The zero-order valence-corrected chi connectivity index (χ0v) is 13.7. The first-order chi connectivity index (χ1) is 10.6. The van der Waals surface area contributed by atoms with E-state index in [2.05, 4.69) is 21.2 Å². The quantitative estimate of drug-likeness (QED) is 0.833. The average Bonchev–Trinajstić information content (AvgIpc) is 2.56. The Balaban J connectivity index is 2.11. The minimum absolute atomic E-state index is 0.298. The minimum Gasteiger partial charge on any atom is -0.467 e. The fraction of sp³-hybridized carbons (Fsp3) is 0.176. The number of hydrogen-bond donors (Lipinski definition) is 1. The number of nitrogens with one attached hydrogen (secondary N) is 1. The summed E-state index contributed by atoms with van der Waals surface area (Å²) in [4.78, 5) is 24.1. The summed E-state index contributed by atoms with van der Waals surface area (Å²) in [5.74, 6) is -0.764. The first-order valence-corrected chi connectivity index (χ1v) is 7.57. The molecule has 2 aromatic carbocycles. The largest absolute Gasteiger partial charge is 0.467 e. The summed E-state index contributed by atoms with van der Waals surface area (Å²) >= 11 is 3.36. The van der Waals surface area contributed by atoms with Gasteiger partial charge in [-0.3, -0.25) is 4.79 Å². The van der Waals surface area contributed by atoms with Crippen LogP contribution in [0.1, 0.15) is 15.9 Å². The Morgan fingerprint density at radius 2 is 1.73 bits per heavy atom. The lowest BCUT2D eigenvalue weighted by Gasteiger charge is -2.16. The maximum absolute atomic E-state index is 12.2. The van der Waals surface area contributed by atoms with Crippen molar-refractivity contribution in [1.29, 1.82) is 0 Å². The van der Waals surface area contributed by atoms with Crippen molar-refractivity contribution in [2.75, 3.05) is 7.11 Å². The Bertz CT molecular complexity index is 641. The Labute approximate surface area is 137 Å². The molecular weight excluding hydrogens is 346 g/mol. The third-order valence-electron chi connectivity index (χ3n) is 3.18. The molecule has 0 bridgehead atoms. The Kier molecular flexibility index (Phi) is 5.72. The van der Waals surface area contributed by atoms with E-state index in [1.165, 1.54) is 7.11 Å². The lowest BCUT2D eigenvalue weighted by molar-refractivity contribution is -0.142. The summed E-state index contributed by atoms with van der Waals surface area (Å²) in [6, 6.07) is 15.6. The molecule has 114 valence electrons. The molecule has 1 amide bonds. The molecule has 22 heavy (non-hydrogen) atoms. The van der Waals surface area contributed by atoms with Gasteiger partial charge in [0.15, 0.2) is 0 Å². The van der Waals surface area contributed by atoms with Crippen LogP contribution in [0, 0.1) is 0 Å². The van der Waals surface area contributed by atoms with Crippen molar-refractivity contribution in [3.05, 3.63) is 70.2 Å². The molecule has 1 N–H and O–H groups in total. The molecule has 0 spiro atoms. The van der Waals surface area contributed by atoms with Crippen molar-refractivity contribution in [3.8, 4) is 0 Å². The number of amides is 1. The van der Waals surface area contributed by atoms with Crippen molar-refractivity contribution in [3.63, 3.8) is 0 Å². The summed E-state index contributed by atoms with van der Waals surface area (Å²) in [5.41, 5.74) is 1.44. The maximum Gasteiger partial charge on any atom is 0.328 e. The molecule has 4 nitrogen and oxygen atoms in total. The van der Waals surface area contributed by atoms with Crippen molar-refractivity contribution >= 4 is 27.8 Å². The Morgan fingerprint density at radius 3 is 2.32 bits per heavy atom. The molecule has 0 unspecified atom stereocenters. The van der Waals surface area contributed by atoms with Crippen LogP contribution in [-0.4, -0.2) is 25.0 Å². The van der Waals surface area contributed by atoms with Gasteiger partial charge in [0, 0.05) is 16.5 Å². The van der Waals surface area contributed by atoms with E-state index in [-0.39, 0.29) is 5.91 Å². The molecule has 0 aliphatic heterocycles. The molecule has 0 radical (unpaired) electrons. The van der Waals surface area contributed by atoms with Gasteiger partial charge in [0.2, 0.25) is 0 Å². The Morgan fingerprint density at radius 1 is 1.09 bits per heavy atom. The number of carbonyl (C=O) groups is 2. The number of halogens is 1. The molecule has 0 fully saturated rings. The zero-order chi connectivity index (χ0) is 15.9. The van der Waals surface area contributed by atoms with Crippen molar-refractivity contribution in [2.45, 2.75) is 12.5 Å². The molecule has 2 rings (SSSR count). The number of methoxy groups -OCH3 is 1. The van der Waals surface area contributed by atoms with E-state index in [0.29, 0.717) is 12.0 Å². The first kappa shape index (κ1) is 16.2. The molecular formula is C17H16BrNO3. The van der Waals surface area contributed by atoms with Crippen LogP contribution in [0.5, 0.6) is 0 Å². The van der Waals surface area contributed by atoms with Crippen LogP contribution in [0.15, 0.2) is 59.1 Å². The van der Waals surface area contributed by atoms with E-state index >= 15 is 0 Å². The molecule has 0 heterocycles. The molecule has 2 aromatic rings. The number of rotatable bonds is 5. The van der Waals surface area contributed by atoms with Gasteiger partial charge in [-0.2, -0.15) is 0 Å². The van der Waals surface area contributed by atoms with Gasteiger partial charge in [-0.05, 0) is 29.8 Å². The van der Waals surface area contributed by atoms with E-state index in [4.69, 9.17) is 4.74 Å². The van der Waals surface area contributed by atoms with E-state index in [0.717, 1.165) is 10.0 Å². The van der Waals surface area contributed by atoms with E-state index < -0.39 is 12.0 Å². The highest BCUT2D eigenvalue weighted by molar-refractivity contribution is 9.10. The minimum atomic E-state index is -0.723. The summed E-state index contributed by atoms with van der Waals surface area (Å²) in [7, 11) is 1.31. The molecule has 0 aromatic heterocycles. The van der Waals surface area contributed by atoms with Crippen LogP contribution < -0.4 is 5.32 Å². The van der Waals surface area contributed by atoms with Gasteiger partial charge >= 0.3 is 5.97 Å². The fourth-order valence-corrected chi connectivity index (χ4v) is 2.29. The van der Waals surface area contributed by atoms with Crippen LogP contribution in [0.2, 0.25) is 0 Å². The summed E-state index contributed by atoms with van der Waals surface area (Å²) in [6.45, 7) is 0. The highest BCUT2D eigenvalue weighted by Crippen LogP contribution is 2.12. The fourth-order valence-electron chi connectivity index (χ4n) is 2.02. The number of esters is 1. The summed E-state index contributed by atoms with van der Waals surface area (Å²) < 4.78 is 5.74. The number of hydrogen-bond acceptors (Lipinski definition) is 3. The van der Waals surface area contributed by atoms with Gasteiger partial charge in [0.05, 0.1) is 7.11 Å². The van der Waals surface area contributed by atoms with Gasteiger partial charge in [-0.1, -0.05) is 46.3 Å². The zero-order valence-electron chi connectivity index (χ0n) is 12.1. The van der Waals surface area contributed by atoms with Gasteiger partial charge < -0.3 is 10.1 Å². The number of ether oxygens (including phenoxy) is 1. The van der Waals surface area contributed by atoms with Crippen molar-refractivity contribution in [2.24, 2.45) is 0 Å². The molecule has 0 saturated carbocycles. The van der Waals surface area contributed by atoms with Gasteiger partial charge in [0.1, 0.15) is 6.04 Å². The summed E-state index contributed by atoms with van der Waals surface area (Å²) in [5, 5.41) is 2.72. The van der Waals surface area contributed by atoms with Crippen LogP contribution in [-0.2, 0) is 16.0 Å². The monoisotopic (exact) mass is 361 g/mol. The first-order valence-electron chi connectivity index (χ1n) is 6.78.